The van der Waals surface area contributed by atoms with Gasteiger partial charge in [-0.1, -0.05) is 13.8 Å². The van der Waals surface area contributed by atoms with Crippen molar-refractivity contribution in [2.24, 2.45) is 11.7 Å². The van der Waals surface area contributed by atoms with Gasteiger partial charge in [0.1, 0.15) is 6.04 Å². The summed E-state index contributed by atoms with van der Waals surface area (Å²) in [6.07, 6.45) is 1.32. The molecule has 88 valence electrons. The van der Waals surface area contributed by atoms with Crippen molar-refractivity contribution in [2.45, 2.75) is 39.2 Å². The average molecular weight is 216 g/mol. The van der Waals surface area contributed by atoms with Crippen molar-refractivity contribution in [1.29, 1.82) is 0 Å². The van der Waals surface area contributed by atoms with E-state index in [1.807, 2.05) is 13.8 Å². The predicted molar refractivity (Wildman–Crippen MR) is 57.3 cm³/mol. The van der Waals surface area contributed by atoms with E-state index in [2.05, 4.69) is 5.32 Å². The number of carbonyl (C=O) groups is 2. The summed E-state index contributed by atoms with van der Waals surface area (Å²) in [6, 6.07) is -0.782. The zero-order valence-electron chi connectivity index (χ0n) is 9.32. The molecule has 0 aromatic rings. The minimum absolute atomic E-state index is 0.237. The Balaban J connectivity index is 4.05. The molecule has 4 N–H and O–H groups in total. The number of carboxylic acids is 1. The number of amides is 1. The van der Waals surface area contributed by atoms with Gasteiger partial charge < -0.3 is 16.2 Å². The fourth-order valence-electron chi connectivity index (χ4n) is 1.22. The van der Waals surface area contributed by atoms with Crippen molar-refractivity contribution in [3.8, 4) is 0 Å². The Labute approximate surface area is 90.0 Å². The first-order chi connectivity index (χ1) is 6.97. The summed E-state index contributed by atoms with van der Waals surface area (Å²) >= 11 is 0. The number of hydrogen-bond donors (Lipinski definition) is 3. The van der Waals surface area contributed by atoms with Crippen LogP contribution in [-0.2, 0) is 9.59 Å². The quantitative estimate of drug-likeness (QED) is 0.572. The largest absolute Gasteiger partial charge is 0.480 e. The second-order valence-corrected chi connectivity index (χ2v) is 3.98. The first-order valence-electron chi connectivity index (χ1n) is 5.19. The lowest BCUT2D eigenvalue weighted by atomic mass is 10.0. The standard InChI is InChI=1S/C10H20N2O3/c1-7(2)6-8(10(14)15)12-9(13)4-3-5-11/h7-8H,3-6,11H2,1-2H3,(H,12,13)(H,14,15)/t8-/m1/s1. The first kappa shape index (κ1) is 13.9. The molecule has 1 amide bonds. The van der Waals surface area contributed by atoms with Crippen LogP contribution in [0.2, 0.25) is 0 Å². The predicted octanol–water partition coefficient (Wildman–Crippen LogP) is 0.341. The minimum atomic E-state index is -0.982. The fraction of sp³-hybridized carbons (Fsp3) is 0.800. The van der Waals surface area contributed by atoms with Crippen molar-refractivity contribution >= 4 is 11.9 Å². The van der Waals surface area contributed by atoms with Crippen LogP contribution in [0.25, 0.3) is 0 Å². The Morgan fingerprint density at radius 1 is 1.40 bits per heavy atom. The van der Waals surface area contributed by atoms with Crippen molar-refractivity contribution in [1.82, 2.24) is 5.32 Å². The molecule has 0 unspecified atom stereocenters. The maximum atomic E-state index is 11.3. The van der Waals surface area contributed by atoms with E-state index in [0.29, 0.717) is 25.8 Å². The number of nitrogens with one attached hydrogen (secondary N) is 1. The van der Waals surface area contributed by atoms with Crippen LogP contribution in [0, 0.1) is 5.92 Å². The Morgan fingerprint density at radius 2 is 2.00 bits per heavy atom. The molecule has 0 aliphatic rings. The van der Waals surface area contributed by atoms with Crippen molar-refractivity contribution < 1.29 is 14.7 Å². The molecular weight excluding hydrogens is 196 g/mol. The average Bonchev–Trinajstić information content (AvgIpc) is 2.12. The van der Waals surface area contributed by atoms with Crippen molar-refractivity contribution in [2.75, 3.05) is 6.54 Å². The Morgan fingerprint density at radius 3 is 2.40 bits per heavy atom. The molecule has 0 fully saturated rings. The number of nitrogens with two attached hydrogens (primary N) is 1. The summed E-state index contributed by atoms with van der Waals surface area (Å²) in [5, 5.41) is 11.3. The Kier molecular flexibility index (Phi) is 6.70. The molecule has 0 rings (SSSR count). The molecule has 0 aromatic heterocycles. The summed E-state index contributed by atoms with van der Waals surface area (Å²) < 4.78 is 0. The van der Waals surface area contributed by atoms with Crippen LogP contribution in [0.15, 0.2) is 0 Å². The second-order valence-electron chi connectivity index (χ2n) is 3.98. The molecule has 0 saturated heterocycles. The van der Waals surface area contributed by atoms with Gasteiger partial charge in [-0.05, 0) is 25.3 Å². The van der Waals surface area contributed by atoms with Crippen LogP contribution in [0.4, 0.5) is 0 Å². The van der Waals surface area contributed by atoms with Crippen LogP contribution in [0.5, 0.6) is 0 Å². The van der Waals surface area contributed by atoms with Gasteiger partial charge in [0.2, 0.25) is 5.91 Å². The van der Waals surface area contributed by atoms with E-state index in [9.17, 15) is 9.59 Å². The monoisotopic (exact) mass is 216 g/mol. The Bertz CT molecular complexity index is 217. The van der Waals surface area contributed by atoms with E-state index < -0.39 is 12.0 Å². The smallest absolute Gasteiger partial charge is 0.326 e. The van der Waals surface area contributed by atoms with E-state index in [1.54, 1.807) is 0 Å². The number of aliphatic carboxylic acids is 1. The molecule has 0 heterocycles. The highest BCUT2D eigenvalue weighted by molar-refractivity contribution is 5.83. The molecule has 5 heteroatoms. The zero-order chi connectivity index (χ0) is 11.8. The van der Waals surface area contributed by atoms with Gasteiger partial charge in [-0.3, -0.25) is 4.79 Å². The lowest BCUT2D eigenvalue weighted by Gasteiger charge is -2.16. The highest BCUT2D eigenvalue weighted by Crippen LogP contribution is 2.05. The van der Waals surface area contributed by atoms with Crippen LogP contribution in [0.3, 0.4) is 0 Å². The van der Waals surface area contributed by atoms with E-state index in [1.165, 1.54) is 0 Å². The summed E-state index contributed by atoms with van der Waals surface area (Å²) in [6.45, 7) is 4.28. The fourth-order valence-corrected chi connectivity index (χ4v) is 1.22. The second kappa shape index (κ2) is 7.23. The van der Waals surface area contributed by atoms with Gasteiger partial charge in [-0.25, -0.2) is 4.79 Å². The zero-order valence-corrected chi connectivity index (χ0v) is 9.32. The highest BCUT2D eigenvalue weighted by Gasteiger charge is 2.20. The lowest BCUT2D eigenvalue weighted by Crippen LogP contribution is -2.41. The number of carboxylic acid groups (broad SMARTS) is 1. The van der Waals surface area contributed by atoms with E-state index in [-0.39, 0.29) is 11.8 Å². The topological polar surface area (TPSA) is 92.4 Å². The van der Waals surface area contributed by atoms with E-state index in [4.69, 9.17) is 10.8 Å². The van der Waals surface area contributed by atoms with E-state index in [0.717, 1.165) is 0 Å². The van der Waals surface area contributed by atoms with Crippen LogP contribution in [0.1, 0.15) is 33.1 Å². The molecule has 0 aliphatic heterocycles. The third kappa shape index (κ3) is 6.90. The van der Waals surface area contributed by atoms with Gasteiger partial charge in [0, 0.05) is 6.42 Å². The molecule has 15 heavy (non-hydrogen) atoms. The van der Waals surface area contributed by atoms with Crippen LogP contribution < -0.4 is 11.1 Å². The lowest BCUT2D eigenvalue weighted by molar-refractivity contribution is -0.142. The molecule has 1 atom stereocenters. The van der Waals surface area contributed by atoms with Crippen LogP contribution in [-0.4, -0.2) is 29.6 Å². The van der Waals surface area contributed by atoms with Crippen LogP contribution >= 0.6 is 0 Å². The first-order valence-corrected chi connectivity index (χ1v) is 5.19. The maximum absolute atomic E-state index is 11.3. The van der Waals surface area contributed by atoms with Gasteiger partial charge in [-0.2, -0.15) is 0 Å². The van der Waals surface area contributed by atoms with Gasteiger partial charge in [-0.15, -0.1) is 0 Å². The summed E-state index contributed by atoms with van der Waals surface area (Å²) in [5.41, 5.74) is 5.25. The van der Waals surface area contributed by atoms with Gasteiger partial charge >= 0.3 is 5.97 Å². The summed E-state index contributed by atoms with van der Waals surface area (Å²) in [5.74, 6) is -0.987. The third-order valence-corrected chi connectivity index (χ3v) is 1.95. The number of hydrogen-bond acceptors (Lipinski definition) is 3. The molecule has 0 bridgehead atoms. The molecule has 5 nitrogen and oxygen atoms in total. The van der Waals surface area contributed by atoms with Crippen molar-refractivity contribution in [3.63, 3.8) is 0 Å². The normalized spacial score (nSPS) is 12.5. The minimum Gasteiger partial charge on any atom is -0.480 e. The number of rotatable bonds is 7. The maximum Gasteiger partial charge on any atom is 0.326 e. The van der Waals surface area contributed by atoms with Crippen molar-refractivity contribution in [3.05, 3.63) is 0 Å². The third-order valence-electron chi connectivity index (χ3n) is 1.95. The van der Waals surface area contributed by atoms with Gasteiger partial charge in [0.15, 0.2) is 0 Å². The summed E-state index contributed by atoms with van der Waals surface area (Å²) in [4.78, 5) is 22.1. The Hall–Kier alpha value is -1.10. The molecule has 0 aliphatic carbocycles. The number of carbonyl (C=O) groups excluding carboxylic acids is 1. The van der Waals surface area contributed by atoms with E-state index >= 15 is 0 Å². The van der Waals surface area contributed by atoms with Gasteiger partial charge in [0.25, 0.3) is 0 Å². The molecule has 0 aromatic carbocycles. The molecular formula is C10H20N2O3. The summed E-state index contributed by atoms with van der Waals surface area (Å²) in [7, 11) is 0. The molecule has 0 spiro atoms. The highest BCUT2D eigenvalue weighted by atomic mass is 16.4. The molecule has 0 radical (unpaired) electrons. The SMILES string of the molecule is CC(C)C[C@@H](NC(=O)CCCN)C(=O)O. The molecule has 0 saturated carbocycles. The van der Waals surface area contributed by atoms with Gasteiger partial charge in [0.05, 0.1) is 0 Å².